The fourth-order valence-electron chi connectivity index (χ4n) is 3.60. The first kappa shape index (κ1) is 19.6. The number of aromatic nitrogens is 3. The van der Waals surface area contributed by atoms with E-state index in [0.717, 1.165) is 16.8 Å². The second-order valence-corrected chi connectivity index (χ2v) is 6.89. The highest BCUT2D eigenvalue weighted by atomic mass is 16.5. The molecule has 1 atom stereocenters. The Kier molecular flexibility index (Phi) is 5.47. The number of rotatable bonds is 6. The molecule has 0 saturated heterocycles. The number of pyridine rings is 1. The second kappa shape index (κ2) is 8.36. The van der Waals surface area contributed by atoms with E-state index < -0.39 is 0 Å². The Bertz CT molecular complexity index is 1040. The zero-order valence-corrected chi connectivity index (χ0v) is 17.1. The Balaban J connectivity index is 1.68. The normalized spacial score (nSPS) is 15.5. The summed E-state index contributed by atoms with van der Waals surface area (Å²) in [6.07, 6.45) is 5.67. The smallest absolute Gasteiger partial charge is 0.236 e. The summed E-state index contributed by atoms with van der Waals surface area (Å²) >= 11 is 0. The third kappa shape index (κ3) is 3.76. The van der Waals surface area contributed by atoms with Crippen LogP contribution in [0.1, 0.15) is 24.0 Å². The van der Waals surface area contributed by atoms with Gasteiger partial charge in [-0.25, -0.2) is 4.98 Å². The number of nitrogens with one attached hydrogen (secondary N) is 1. The minimum absolute atomic E-state index is 0.00568. The van der Waals surface area contributed by atoms with E-state index >= 15 is 0 Å². The van der Waals surface area contributed by atoms with Gasteiger partial charge in [-0.15, -0.1) is 0 Å². The summed E-state index contributed by atoms with van der Waals surface area (Å²) in [7, 11) is 3.19. The van der Waals surface area contributed by atoms with Gasteiger partial charge in [0.2, 0.25) is 11.9 Å². The molecule has 0 bridgehead atoms. The van der Waals surface area contributed by atoms with Crippen LogP contribution in [0.4, 0.5) is 17.5 Å². The SMILES string of the molecule is CCN1C(=O)C(c2cc(OC)cc(OC)c2)Cc2cnc(Nc3ccncc3)nc21. The van der Waals surface area contributed by atoms with Gasteiger partial charge in [0.1, 0.15) is 17.3 Å². The van der Waals surface area contributed by atoms with Crippen molar-refractivity contribution >= 4 is 23.4 Å². The first-order chi connectivity index (χ1) is 14.6. The summed E-state index contributed by atoms with van der Waals surface area (Å²) in [6, 6.07) is 9.21. The highest BCUT2D eigenvalue weighted by Gasteiger charge is 2.35. The molecule has 8 heteroatoms. The summed E-state index contributed by atoms with van der Waals surface area (Å²) in [6.45, 7) is 2.45. The van der Waals surface area contributed by atoms with Crippen LogP contribution >= 0.6 is 0 Å². The van der Waals surface area contributed by atoms with Gasteiger partial charge in [0.15, 0.2) is 0 Å². The van der Waals surface area contributed by atoms with Gasteiger partial charge in [0.25, 0.3) is 0 Å². The number of ether oxygens (including phenoxy) is 2. The lowest BCUT2D eigenvalue weighted by molar-refractivity contribution is -0.120. The van der Waals surface area contributed by atoms with E-state index in [9.17, 15) is 4.79 Å². The predicted molar refractivity (Wildman–Crippen MR) is 114 cm³/mol. The topological polar surface area (TPSA) is 89.5 Å². The summed E-state index contributed by atoms with van der Waals surface area (Å²) in [5, 5.41) is 3.15. The average Bonchev–Trinajstić information content (AvgIpc) is 2.79. The van der Waals surface area contributed by atoms with Gasteiger partial charge in [0.05, 0.1) is 20.1 Å². The quantitative estimate of drug-likeness (QED) is 0.673. The molecule has 0 aliphatic carbocycles. The molecule has 0 radical (unpaired) electrons. The summed E-state index contributed by atoms with van der Waals surface area (Å²) < 4.78 is 10.8. The first-order valence-electron chi connectivity index (χ1n) is 9.70. The molecule has 1 N–H and O–H groups in total. The van der Waals surface area contributed by atoms with Gasteiger partial charge < -0.3 is 14.8 Å². The molecular formula is C22H23N5O3. The van der Waals surface area contributed by atoms with Crippen LogP contribution in [-0.2, 0) is 11.2 Å². The van der Waals surface area contributed by atoms with Gasteiger partial charge >= 0.3 is 0 Å². The van der Waals surface area contributed by atoms with Crippen molar-refractivity contribution in [1.29, 1.82) is 0 Å². The number of carbonyl (C=O) groups excluding carboxylic acids is 1. The van der Waals surface area contributed by atoms with Crippen LogP contribution < -0.4 is 19.7 Å². The molecule has 1 aliphatic rings. The number of hydrogen-bond donors (Lipinski definition) is 1. The van der Waals surface area contributed by atoms with Crippen LogP contribution in [0.2, 0.25) is 0 Å². The Labute approximate surface area is 174 Å². The third-order valence-corrected chi connectivity index (χ3v) is 5.11. The Morgan fingerprint density at radius 1 is 1.13 bits per heavy atom. The molecule has 154 valence electrons. The van der Waals surface area contributed by atoms with Crippen LogP contribution in [0.15, 0.2) is 48.9 Å². The van der Waals surface area contributed by atoms with Gasteiger partial charge in [-0.05, 0) is 43.2 Å². The fraction of sp³-hybridized carbons (Fsp3) is 0.273. The number of anilines is 3. The van der Waals surface area contributed by atoms with Gasteiger partial charge in [-0.2, -0.15) is 4.98 Å². The largest absolute Gasteiger partial charge is 0.497 e. The van der Waals surface area contributed by atoms with E-state index in [1.54, 1.807) is 43.8 Å². The molecule has 1 amide bonds. The lowest BCUT2D eigenvalue weighted by atomic mass is 9.88. The van der Waals surface area contributed by atoms with Crippen molar-refractivity contribution < 1.29 is 14.3 Å². The van der Waals surface area contributed by atoms with Crippen molar-refractivity contribution in [2.24, 2.45) is 0 Å². The molecule has 0 spiro atoms. The van der Waals surface area contributed by atoms with Crippen LogP contribution in [0.3, 0.4) is 0 Å². The number of methoxy groups -OCH3 is 2. The van der Waals surface area contributed by atoms with Gasteiger partial charge in [-0.1, -0.05) is 0 Å². The van der Waals surface area contributed by atoms with Crippen molar-refractivity contribution in [1.82, 2.24) is 15.0 Å². The number of carbonyl (C=O) groups is 1. The number of benzene rings is 1. The second-order valence-electron chi connectivity index (χ2n) is 6.89. The van der Waals surface area contributed by atoms with Crippen molar-refractivity contribution in [3.05, 3.63) is 60.0 Å². The minimum Gasteiger partial charge on any atom is -0.497 e. The van der Waals surface area contributed by atoms with E-state index in [4.69, 9.17) is 9.47 Å². The highest BCUT2D eigenvalue weighted by molar-refractivity contribution is 6.00. The van der Waals surface area contributed by atoms with Crippen LogP contribution in [0.5, 0.6) is 11.5 Å². The molecule has 1 unspecified atom stereocenters. The van der Waals surface area contributed by atoms with Crippen LogP contribution in [0.25, 0.3) is 0 Å². The maximum absolute atomic E-state index is 13.3. The molecule has 3 aromatic rings. The molecular weight excluding hydrogens is 382 g/mol. The lowest BCUT2D eigenvalue weighted by Crippen LogP contribution is -2.41. The maximum Gasteiger partial charge on any atom is 0.236 e. The Hall–Kier alpha value is -3.68. The van der Waals surface area contributed by atoms with E-state index in [1.165, 1.54) is 0 Å². The molecule has 0 saturated carbocycles. The summed E-state index contributed by atoms with van der Waals surface area (Å²) in [4.78, 5) is 28.1. The molecule has 1 aromatic carbocycles. The molecule has 2 aromatic heterocycles. The van der Waals surface area contributed by atoms with Gasteiger partial charge in [-0.3, -0.25) is 14.7 Å². The molecule has 0 fully saturated rings. The van der Waals surface area contributed by atoms with E-state index in [1.807, 2.05) is 31.2 Å². The molecule has 1 aliphatic heterocycles. The zero-order chi connectivity index (χ0) is 21.1. The third-order valence-electron chi connectivity index (χ3n) is 5.11. The molecule has 30 heavy (non-hydrogen) atoms. The predicted octanol–water partition coefficient (Wildman–Crippen LogP) is 3.33. The molecule has 4 rings (SSSR count). The Morgan fingerprint density at radius 2 is 1.83 bits per heavy atom. The molecule has 8 nitrogen and oxygen atoms in total. The number of nitrogens with zero attached hydrogens (tertiary/aromatic N) is 4. The van der Waals surface area contributed by atoms with Crippen molar-refractivity contribution in [3.8, 4) is 11.5 Å². The van der Waals surface area contributed by atoms with Crippen molar-refractivity contribution in [2.45, 2.75) is 19.3 Å². The Morgan fingerprint density at radius 3 is 2.47 bits per heavy atom. The van der Waals surface area contributed by atoms with Crippen LogP contribution in [-0.4, -0.2) is 41.6 Å². The number of likely N-dealkylation sites (N-methyl/N-ethyl adjacent to an activating group) is 1. The van der Waals surface area contributed by atoms with Crippen LogP contribution in [0, 0.1) is 0 Å². The minimum atomic E-state index is -0.357. The maximum atomic E-state index is 13.3. The fourth-order valence-corrected chi connectivity index (χ4v) is 3.60. The van der Waals surface area contributed by atoms with Crippen molar-refractivity contribution in [2.75, 3.05) is 31.0 Å². The van der Waals surface area contributed by atoms with E-state index in [-0.39, 0.29) is 11.8 Å². The number of hydrogen-bond acceptors (Lipinski definition) is 7. The summed E-state index contributed by atoms with van der Waals surface area (Å²) in [5.41, 5.74) is 2.60. The monoisotopic (exact) mass is 405 g/mol. The first-order valence-corrected chi connectivity index (χ1v) is 9.70. The highest BCUT2D eigenvalue weighted by Crippen LogP contribution is 2.37. The number of fused-ring (bicyclic) bond motifs is 1. The van der Waals surface area contributed by atoms with E-state index in [0.29, 0.717) is 36.2 Å². The van der Waals surface area contributed by atoms with Crippen molar-refractivity contribution in [3.63, 3.8) is 0 Å². The molecule has 3 heterocycles. The van der Waals surface area contributed by atoms with Gasteiger partial charge in [0, 0.05) is 42.5 Å². The zero-order valence-electron chi connectivity index (χ0n) is 17.1. The standard InChI is InChI=1S/C22H23N5O3/c1-4-27-20-15(13-24-22(26-20)25-16-5-7-23-8-6-16)11-19(21(27)28)14-9-17(29-2)12-18(10-14)30-3/h5-10,12-13,19H,4,11H2,1-3H3,(H,23,24,25,26). The summed E-state index contributed by atoms with van der Waals surface area (Å²) in [5.74, 6) is 2.02. The number of amides is 1. The average molecular weight is 405 g/mol. The lowest BCUT2D eigenvalue weighted by Gasteiger charge is -2.32. The van der Waals surface area contributed by atoms with E-state index in [2.05, 4.69) is 20.3 Å².